The van der Waals surface area contributed by atoms with Crippen molar-refractivity contribution in [3.8, 4) is 0 Å². The summed E-state index contributed by atoms with van der Waals surface area (Å²) in [5.41, 5.74) is 1.24. The Hall–Kier alpha value is -1.39. The van der Waals surface area contributed by atoms with Crippen LogP contribution in [0.3, 0.4) is 0 Å². The number of aliphatic carboxylic acids is 1. The summed E-state index contributed by atoms with van der Waals surface area (Å²) in [7, 11) is 0. The first-order chi connectivity index (χ1) is 14.1. The summed E-state index contributed by atoms with van der Waals surface area (Å²) in [4.78, 5) is 10.5. The Morgan fingerprint density at radius 2 is 1.34 bits per heavy atom. The molecular formula is C25H42O4. The van der Waals surface area contributed by atoms with Gasteiger partial charge >= 0.3 is 5.97 Å². The van der Waals surface area contributed by atoms with E-state index in [9.17, 15) is 9.90 Å². The number of unbranched alkanes of at least 4 members (excludes halogenated alkanes) is 9. The number of carboxylic acids is 1. The van der Waals surface area contributed by atoms with E-state index in [0.29, 0.717) is 19.1 Å². The lowest BCUT2D eigenvalue weighted by atomic mass is 10.0. The molecule has 0 heterocycles. The zero-order chi connectivity index (χ0) is 21.2. The predicted octanol–water partition coefficient (Wildman–Crippen LogP) is 6.50. The van der Waals surface area contributed by atoms with E-state index in [-0.39, 0.29) is 6.42 Å². The molecule has 0 fully saturated rings. The maximum Gasteiger partial charge on any atom is 0.303 e. The van der Waals surface area contributed by atoms with Crippen LogP contribution >= 0.6 is 0 Å². The van der Waals surface area contributed by atoms with Crippen molar-refractivity contribution in [2.45, 2.75) is 116 Å². The molecule has 0 aliphatic carbocycles. The van der Waals surface area contributed by atoms with Crippen LogP contribution in [0.4, 0.5) is 0 Å². The highest BCUT2D eigenvalue weighted by Crippen LogP contribution is 2.15. The SMILES string of the molecule is CC(CCCCCCCCCCCCC(O)CCC(=O)O)OCc1ccccc1. The average Bonchev–Trinajstić information content (AvgIpc) is 2.72. The molecule has 0 bridgehead atoms. The van der Waals surface area contributed by atoms with Gasteiger partial charge in [0.1, 0.15) is 0 Å². The predicted molar refractivity (Wildman–Crippen MR) is 119 cm³/mol. The molecule has 0 saturated carbocycles. The number of carbonyl (C=O) groups is 1. The van der Waals surface area contributed by atoms with Crippen molar-refractivity contribution in [2.24, 2.45) is 0 Å². The minimum atomic E-state index is -0.824. The average molecular weight is 407 g/mol. The molecule has 0 amide bonds. The first-order valence-electron chi connectivity index (χ1n) is 11.6. The number of hydrogen-bond acceptors (Lipinski definition) is 3. The third-order valence-electron chi connectivity index (χ3n) is 5.47. The van der Waals surface area contributed by atoms with Crippen LogP contribution in [0.15, 0.2) is 30.3 Å². The van der Waals surface area contributed by atoms with Crippen LogP contribution < -0.4 is 0 Å². The van der Waals surface area contributed by atoms with Gasteiger partial charge in [-0.05, 0) is 31.7 Å². The van der Waals surface area contributed by atoms with E-state index < -0.39 is 12.1 Å². The molecule has 0 saturated heterocycles. The molecule has 166 valence electrons. The van der Waals surface area contributed by atoms with Gasteiger partial charge in [-0.25, -0.2) is 0 Å². The summed E-state index contributed by atoms with van der Waals surface area (Å²) in [5, 5.41) is 18.3. The Balaban J connectivity index is 1.80. The number of rotatable bonds is 19. The van der Waals surface area contributed by atoms with Gasteiger partial charge in [0, 0.05) is 6.42 Å². The molecule has 2 unspecified atom stereocenters. The maximum atomic E-state index is 10.5. The second-order valence-electron chi connectivity index (χ2n) is 8.31. The molecule has 2 N–H and O–H groups in total. The van der Waals surface area contributed by atoms with E-state index in [1.165, 1.54) is 56.9 Å². The molecule has 4 heteroatoms. The van der Waals surface area contributed by atoms with Crippen LogP contribution in [0, 0.1) is 0 Å². The zero-order valence-corrected chi connectivity index (χ0v) is 18.4. The zero-order valence-electron chi connectivity index (χ0n) is 18.4. The molecule has 0 aromatic heterocycles. The Kier molecular flexibility index (Phi) is 15.4. The van der Waals surface area contributed by atoms with Gasteiger partial charge < -0.3 is 14.9 Å². The van der Waals surface area contributed by atoms with E-state index >= 15 is 0 Å². The maximum absolute atomic E-state index is 10.5. The molecule has 0 aliphatic heterocycles. The van der Waals surface area contributed by atoms with Crippen molar-refractivity contribution in [3.05, 3.63) is 35.9 Å². The third-order valence-corrected chi connectivity index (χ3v) is 5.47. The fraction of sp³-hybridized carbons (Fsp3) is 0.720. The Labute approximate surface area is 177 Å². The van der Waals surface area contributed by atoms with Gasteiger partial charge in [-0.2, -0.15) is 0 Å². The molecule has 2 atom stereocenters. The van der Waals surface area contributed by atoms with E-state index in [2.05, 4.69) is 31.2 Å². The van der Waals surface area contributed by atoms with Crippen LogP contribution in [-0.4, -0.2) is 28.4 Å². The lowest BCUT2D eigenvalue weighted by Crippen LogP contribution is -2.09. The number of aliphatic hydroxyl groups excluding tert-OH is 1. The molecule has 1 aromatic rings. The lowest BCUT2D eigenvalue weighted by molar-refractivity contribution is -0.137. The van der Waals surface area contributed by atoms with Gasteiger partial charge in [-0.1, -0.05) is 94.5 Å². The summed E-state index contributed by atoms with van der Waals surface area (Å²) < 4.78 is 5.92. The summed E-state index contributed by atoms with van der Waals surface area (Å²) in [6.45, 7) is 2.89. The van der Waals surface area contributed by atoms with Crippen molar-refractivity contribution in [1.29, 1.82) is 0 Å². The molecule has 0 spiro atoms. The highest BCUT2D eigenvalue weighted by atomic mass is 16.5. The topological polar surface area (TPSA) is 66.8 Å². The second kappa shape index (κ2) is 17.5. The lowest BCUT2D eigenvalue weighted by Gasteiger charge is -2.13. The van der Waals surface area contributed by atoms with E-state index in [4.69, 9.17) is 9.84 Å². The third kappa shape index (κ3) is 16.1. The Morgan fingerprint density at radius 1 is 0.828 bits per heavy atom. The number of carboxylic acid groups (broad SMARTS) is 1. The van der Waals surface area contributed by atoms with Crippen molar-refractivity contribution in [1.82, 2.24) is 0 Å². The van der Waals surface area contributed by atoms with Crippen molar-refractivity contribution >= 4 is 5.97 Å². The normalized spacial score (nSPS) is 13.3. The van der Waals surface area contributed by atoms with Crippen LogP contribution in [0.25, 0.3) is 0 Å². The van der Waals surface area contributed by atoms with Crippen LogP contribution in [0.2, 0.25) is 0 Å². The van der Waals surface area contributed by atoms with Crippen LogP contribution in [-0.2, 0) is 16.1 Å². The van der Waals surface area contributed by atoms with Crippen LogP contribution in [0.5, 0.6) is 0 Å². The van der Waals surface area contributed by atoms with Crippen molar-refractivity contribution < 1.29 is 19.7 Å². The minimum absolute atomic E-state index is 0.0702. The fourth-order valence-corrected chi connectivity index (χ4v) is 3.56. The highest BCUT2D eigenvalue weighted by Gasteiger charge is 2.06. The quantitative estimate of drug-likeness (QED) is 0.257. The Morgan fingerprint density at radius 3 is 1.90 bits per heavy atom. The van der Waals surface area contributed by atoms with Gasteiger partial charge in [0.15, 0.2) is 0 Å². The van der Waals surface area contributed by atoms with Crippen LogP contribution in [0.1, 0.15) is 102 Å². The van der Waals surface area contributed by atoms with E-state index in [1.54, 1.807) is 0 Å². The van der Waals surface area contributed by atoms with E-state index in [1.807, 2.05) is 6.07 Å². The van der Waals surface area contributed by atoms with Gasteiger partial charge in [0.05, 0.1) is 18.8 Å². The largest absolute Gasteiger partial charge is 0.481 e. The number of benzene rings is 1. The van der Waals surface area contributed by atoms with Crippen molar-refractivity contribution in [3.63, 3.8) is 0 Å². The number of hydrogen-bond donors (Lipinski definition) is 2. The summed E-state index contributed by atoms with van der Waals surface area (Å²) >= 11 is 0. The number of aliphatic hydroxyl groups is 1. The number of ether oxygens (including phenoxy) is 1. The standard InChI is InChI=1S/C25H42O4/c1-22(29-21-23-16-12-10-13-17-23)15-11-8-6-4-2-3-5-7-9-14-18-24(26)19-20-25(27)28/h10,12-13,16-17,22,24,26H,2-9,11,14-15,18-21H2,1H3,(H,27,28). The molecule has 29 heavy (non-hydrogen) atoms. The van der Waals surface area contributed by atoms with Crippen molar-refractivity contribution in [2.75, 3.05) is 0 Å². The molecule has 1 rings (SSSR count). The van der Waals surface area contributed by atoms with Gasteiger partial charge in [0.2, 0.25) is 0 Å². The molecule has 1 aromatic carbocycles. The highest BCUT2D eigenvalue weighted by molar-refractivity contribution is 5.66. The smallest absolute Gasteiger partial charge is 0.303 e. The molecular weight excluding hydrogens is 364 g/mol. The first kappa shape index (κ1) is 25.6. The van der Waals surface area contributed by atoms with Gasteiger partial charge in [0.25, 0.3) is 0 Å². The first-order valence-corrected chi connectivity index (χ1v) is 11.6. The molecule has 4 nitrogen and oxygen atoms in total. The summed E-state index contributed by atoms with van der Waals surface area (Å²) in [6.07, 6.45) is 14.7. The van der Waals surface area contributed by atoms with E-state index in [0.717, 1.165) is 25.7 Å². The summed E-state index contributed by atoms with van der Waals surface area (Å²) in [5.74, 6) is -0.824. The minimum Gasteiger partial charge on any atom is -0.481 e. The summed E-state index contributed by atoms with van der Waals surface area (Å²) in [6, 6.07) is 10.4. The molecule has 0 aliphatic rings. The second-order valence-corrected chi connectivity index (χ2v) is 8.31. The van der Waals surface area contributed by atoms with Gasteiger partial charge in [-0.3, -0.25) is 4.79 Å². The van der Waals surface area contributed by atoms with Gasteiger partial charge in [-0.15, -0.1) is 0 Å². The fourth-order valence-electron chi connectivity index (χ4n) is 3.56. The monoisotopic (exact) mass is 406 g/mol. The Bertz CT molecular complexity index is 503. The molecule has 0 radical (unpaired) electrons.